The molecule has 0 unspecified atom stereocenters. The van der Waals surface area contributed by atoms with Gasteiger partial charge in [0.05, 0.1) is 17.8 Å². The van der Waals surface area contributed by atoms with Crippen LogP contribution < -0.4 is 5.32 Å². The Morgan fingerprint density at radius 3 is 3.12 bits per heavy atom. The molecule has 1 aliphatic heterocycles. The lowest BCUT2D eigenvalue weighted by Crippen LogP contribution is -2.42. The Labute approximate surface area is 138 Å². The molecule has 124 valence electrons. The van der Waals surface area contributed by atoms with E-state index in [0.717, 1.165) is 18.4 Å². The van der Waals surface area contributed by atoms with E-state index in [1.165, 1.54) is 0 Å². The highest BCUT2D eigenvalue weighted by Crippen LogP contribution is 2.28. The first kappa shape index (κ1) is 14.8. The summed E-state index contributed by atoms with van der Waals surface area (Å²) in [6.07, 6.45) is 8.65. The molecule has 0 aromatic carbocycles. The van der Waals surface area contributed by atoms with E-state index < -0.39 is 0 Å². The molecular weight excluding hydrogens is 308 g/mol. The first-order valence-electron chi connectivity index (χ1n) is 7.91. The summed E-state index contributed by atoms with van der Waals surface area (Å²) in [4.78, 5) is 12.6. The van der Waals surface area contributed by atoms with Gasteiger partial charge in [-0.1, -0.05) is 0 Å². The maximum Gasteiger partial charge on any atom is 0.253 e. The monoisotopic (exact) mass is 326 g/mol. The van der Waals surface area contributed by atoms with E-state index in [4.69, 9.17) is 4.74 Å². The molecule has 4 rings (SSSR count). The molecule has 8 heteroatoms. The van der Waals surface area contributed by atoms with Crippen LogP contribution in [0.5, 0.6) is 0 Å². The molecule has 3 aromatic rings. The van der Waals surface area contributed by atoms with Crippen LogP contribution in [0, 0.1) is 0 Å². The Bertz CT molecular complexity index is 870. The van der Waals surface area contributed by atoms with Gasteiger partial charge in [-0.05, 0) is 25.0 Å². The quantitative estimate of drug-likeness (QED) is 0.779. The molecule has 0 aliphatic carbocycles. The Balaban J connectivity index is 1.54. The number of ether oxygens (including phenoxy) is 1. The van der Waals surface area contributed by atoms with Gasteiger partial charge in [-0.25, -0.2) is 0 Å². The maximum atomic E-state index is 12.6. The number of aryl methyl sites for hydroxylation is 1. The Kier molecular flexibility index (Phi) is 3.73. The zero-order valence-electron chi connectivity index (χ0n) is 13.3. The largest absolute Gasteiger partial charge is 0.371 e. The molecule has 24 heavy (non-hydrogen) atoms. The highest BCUT2D eigenvalue weighted by Gasteiger charge is 2.30. The van der Waals surface area contributed by atoms with Crippen molar-refractivity contribution < 1.29 is 9.53 Å². The molecule has 4 heterocycles. The lowest BCUT2D eigenvalue weighted by Gasteiger charge is -2.31. The second-order valence-electron chi connectivity index (χ2n) is 5.98. The van der Waals surface area contributed by atoms with Crippen molar-refractivity contribution in [1.29, 1.82) is 0 Å². The normalized spacial score (nSPS) is 21.0. The second kappa shape index (κ2) is 6.04. The fraction of sp³-hybridized carbons (Fsp3) is 0.375. The SMILES string of the molecule is Cn1cc([C@H]2OCCC[C@@H]2NC(=O)c2ccc3nncn3c2)cn1. The fourth-order valence-corrected chi connectivity index (χ4v) is 3.06. The van der Waals surface area contributed by atoms with Crippen LogP contribution in [-0.2, 0) is 11.8 Å². The number of hydrogen-bond acceptors (Lipinski definition) is 5. The smallest absolute Gasteiger partial charge is 0.253 e. The van der Waals surface area contributed by atoms with Crippen molar-refractivity contribution in [2.24, 2.45) is 7.05 Å². The second-order valence-corrected chi connectivity index (χ2v) is 5.98. The van der Waals surface area contributed by atoms with Gasteiger partial charge in [0.1, 0.15) is 12.4 Å². The average molecular weight is 326 g/mol. The van der Waals surface area contributed by atoms with Crippen molar-refractivity contribution in [3.8, 4) is 0 Å². The van der Waals surface area contributed by atoms with Crippen LogP contribution in [0.2, 0.25) is 0 Å². The van der Waals surface area contributed by atoms with Gasteiger partial charge in [0, 0.05) is 31.6 Å². The van der Waals surface area contributed by atoms with E-state index in [2.05, 4.69) is 20.6 Å². The molecule has 0 bridgehead atoms. The number of nitrogens with zero attached hydrogens (tertiary/aromatic N) is 5. The highest BCUT2D eigenvalue weighted by molar-refractivity contribution is 5.94. The zero-order chi connectivity index (χ0) is 16.5. The molecular formula is C16H18N6O2. The minimum atomic E-state index is -0.171. The first-order chi connectivity index (χ1) is 11.7. The summed E-state index contributed by atoms with van der Waals surface area (Å²) in [5.41, 5.74) is 2.26. The van der Waals surface area contributed by atoms with Crippen LogP contribution in [0.1, 0.15) is 34.9 Å². The van der Waals surface area contributed by atoms with Crippen molar-refractivity contribution >= 4 is 11.6 Å². The number of amides is 1. The molecule has 1 saturated heterocycles. The molecule has 1 amide bonds. The van der Waals surface area contributed by atoms with Gasteiger partial charge >= 0.3 is 0 Å². The number of fused-ring (bicyclic) bond motifs is 1. The minimum absolute atomic E-state index is 0.0768. The van der Waals surface area contributed by atoms with Crippen LogP contribution in [-0.4, -0.2) is 42.9 Å². The summed E-state index contributed by atoms with van der Waals surface area (Å²) in [6.45, 7) is 0.693. The summed E-state index contributed by atoms with van der Waals surface area (Å²) < 4.78 is 9.36. The van der Waals surface area contributed by atoms with Gasteiger partial charge in [-0.15, -0.1) is 10.2 Å². The third-order valence-corrected chi connectivity index (χ3v) is 4.25. The Hall–Kier alpha value is -2.74. The Morgan fingerprint density at radius 1 is 1.38 bits per heavy atom. The average Bonchev–Trinajstić information content (AvgIpc) is 3.23. The molecule has 1 aliphatic rings. The number of carbonyl (C=O) groups excluding carboxylic acids is 1. The van der Waals surface area contributed by atoms with Gasteiger partial charge < -0.3 is 10.1 Å². The van der Waals surface area contributed by atoms with Gasteiger partial charge in [0.2, 0.25) is 0 Å². The molecule has 8 nitrogen and oxygen atoms in total. The number of aromatic nitrogens is 5. The topological polar surface area (TPSA) is 86.3 Å². The fourth-order valence-electron chi connectivity index (χ4n) is 3.06. The van der Waals surface area contributed by atoms with Gasteiger partial charge in [-0.3, -0.25) is 13.9 Å². The molecule has 3 aromatic heterocycles. The summed E-state index contributed by atoms with van der Waals surface area (Å²) in [5.74, 6) is -0.130. The summed E-state index contributed by atoms with van der Waals surface area (Å²) in [6, 6.07) is 3.45. The summed E-state index contributed by atoms with van der Waals surface area (Å²) >= 11 is 0. The number of pyridine rings is 1. The van der Waals surface area contributed by atoms with Gasteiger partial charge in [-0.2, -0.15) is 5.10 Å². The van der Waals surface area contributed by atoms with Crippen LogP contribution in [0.25, 0.3) is 5.65 Å². The van der Waals surface area contributed by atoms with Gasteiger partial charge in [0.15, 0.2) is 5.65 Å². The maximum absolute atomic E-state index is 12.6. The Morgan fingerprint density at radius 2 is 2.29 bits per heavy atom. The van der Waals surface area contributed by atoms with Crippen molar-refractivity contribution in [1.82, 2.24) is 29.7 Å². The van der Waals surface area contributed by atoms with Crippen LogP contribution in [0.3, 0.4) is 0 Å². The van der Waals surface area contributed by atoms with Gasteiger partial charge in [0.25, 0.3) is 5.91 Å². The third-order valence-electron chi connectivity index (χ3n) is 4.25. The zero-order valence-corrected chi connectivity index (χ0v) is 13.3. The van der Waals surface area contributed by atoms with Crippen LogP contribution in [0.4, 0.5) is 0 Å². The summed E-state index contributed by atoms with van der Waals surface area (Å²) in [7, 11) is 1.87. The van der Waals surface area contributed by atoms with Crippen molar-refractivity contribution in [2.75, 3.05) is 6.61 Å². The molecule has 1 fully saturated rings. The molecule has 0 saturated carbocycles. The molecule has 0 radical (unpaired) electrons. The van der Waals surface area contributed by atoms with E-state index in [9.17, 15) is 4.79 Å². The lowest BCUT2D eigenvalue weighted by molar-refractivity contribution is -0.00950. The minimum Gasteiger partial charge on any atom is -0.371 e. The number of rotatable bonds is 3. The predicted octanol–water partition coefficient (Wildman–Crippen LogP) is 1.11. The van der Waals surface area contributed by atoms with E-state index in [0.29, 0.717) is 17.8 Å². The van der Waals surface area contributed by atoms with E-state index in [1.54, 1.807) is 39.9 Å². The standard InChI is InChI=1S/C16H18N6O2/c1-21-8-12(7-18-21)15-13(3-2-6-24-15)19-16(23)11-4-5-14-20-17-10-22(14)9-11/h4-5,7-10,13,15H,2-3,6H2,1H3,(H,19,23)/t13-,15+/m0/s1. The van der Waals surface area contributed by atoms with Crippen molar-refractivity contribution in [3.63, 3.8) is 0 Å². The van der Waals surface area contributed by atoms with E-state index >= 15 is 0 Å². The summed E-state index contributed by atoms with van der Waals surface area (Å²) in [5, 5.41) is 15.1. The van der Waals surface area contributed by atoms with Crippen molar-refractivity contribution in [3.05, 3.63) is 48.2 Å². The van der Waals surface area contributed by atoms with E-state index in [1.807, 2.05) is 13.2 Å². The third kappa shape index (κ3) is 2.76. The highest BCUT2D eigenvalue weighted by atomic mass is 16.5. The number of carbonyl (C=O) groups is 1. The molecule has 1 N–H and O–H groups in total. The van der Waals surface area contributed by atoms with Crippen LogP contribution >= 0.6 is 0 Å². The van der Waals surface area contributed by atoms with E-state index in [-0.39, 0.29) is 18.1 Å². The molecule has 0 spiro atoms. The molecule has 2 atom stereocenters. The number of hydrogen-bond donors (Lipinski definition) is 1. The first-order valence-corrected chi connectivity index (χ1v) is 7.91. The lowest BCUT2D eigenvalue weighted by atomic mass is 9.98. The number of nitrogens with one attached hydrogen (secondary N) is 1. The van der Waals surface area contributed by atoms with Crippen molar-refractivity contribution in [2.45, 2.75) is 25.0 Å². The predicted molar refractivity (Wildman–Crippen MR) is 85.4 cm³/mol. The van der Waals surface area contributed by atoms with Crippen LogP contribution in [0.15, 0.2) is 37.1 Å².